The van der Waals surface area contributed by atoms with Crippen LogP contribution < -0.4 is 0 Å². The molecule has 27 heavy (non-hydrogen) atoms. The van der Waals surface area contributed by atoms with E-state index in [0.29, 0.717) is 28.1 Å². The highest BCUT2D eigenvalue weighted by Gasteiger charge is 2.63. The number of thioether (sulfide) groups is 1. The molecule has 4 heteroatoms. The van der Waals surface area contributed by atoms with E-state index in [-0.39, 0.29) is 16.6 Å². The van der Waals surface area contributed by atoms with E-state index < -0.39 is 5.97 Å². The molecular weight excluding hydrogens is 356 g/mol. The van der Waals surface area contributed by atoms with E-state index in [4.69, 9.17) is 4.74 Å². The summed E-state index contributed by atoms with van der Waals surface area (Å²) in [5, 5.41) is 10.2. The Hall–Kier alpha value is -0.900. The zero-order valence-electron chi connectivity index (χ0n) is 17.4. The summed E-state index contributed by atoms with van der Waals surface area (Å²) in [5.41, 5.74) is 1.34. The van der Waals surface area contributed by atoms with Gasteiger partial charge in [0.05, 0.1) is 7.11 Å². The molecule has 1 N–H and O–H groups in total. The van der Waals surface area contributed by atoms with Crippen LogP contribution in [0.2, 0.25) is 0 Å². The molecule has 4 rings (SSSR count). The number of aliphatic carboxylic acids is 1. The zero-order chi connectivity index (χ0) is 19.6. The van der Waals surface area contributed by atoms with Gasteiger partial charge in [0.2, 0.25) is 0 Å². The Morgan fingerprint density at radius 3 is 2.56 bits per heavy atom. The van der Waals surface area contributed by atoms with Gasteiger partial charge in [0.15, 0.2) is 0 Å². The Kier molecular flexibility index (Phi) is 4.53. The predicted molar refractivity (Wildman–Crippen MR) is 111 cm³/mol. The maximum Gasteiger partial charge on any atom is 0.332 e. The summed E-state index contributed by atoms with van der Waals surface area (Å²) >= 11 is 1.97. The summed E-state index contributed by atoms with van der Waals surface area (Å²) in [5.74, 6) is 2.49. The van der Waals surface area contributed by atoms with Gasteiger partial charge in [-0.25, -0.2) is 4.79 Å². The molecule has 3 fully saturated rings. The SMILES string of the molecule is COC1=CC2SC[C@@H]3[C@@]4(C)CCCC(C)(C)[C@@H]4CC[C@@]3(C)C2C(C(=O)O)=C1. The summed E-state index contributed by atoms with van der Waals surface area (Å²) in [7, 11) is 1.64. The topological polar surface area (TPSA) is 46.5 Å². The average molecular weight is 391 g/mol. The van der Waals surface area contributed by atoms with Gasteiger partial charge in [0, 0.05) is 16.7 Å². The molecule has 150 valence electrons. The van der Waals surface area contributed by atoms with E-state index in [1.54, 1.807) is 13.2 Å². The van der Waals surface area contributed by atoms with Gasteiger partial charge < -0.3 is 9.84 Å². The standard InChI is InChI=1S/C23H34O3S/c1-21(2)8-6-9-22(3)17(21)7-10-23(4)18(22)13-27-16-12-14(26-5)11-15(19(16)23)20(24)25/h11-12,16-19H,6-10,13H2,1-5H3,(H,24,25)/t16?,17-,18+,19?,22-,23+/m0/s1. The quantitative estimate of drug-likeness (QED) is 0.674. The van der Waals surface area contributed by atoms with Gasteiger partial charge in [-0.3, -0.25) is 0 Å². The molecule has 6 atom stereocenters. The van der Waals surface area contributed by atoms with Crippen LogP contribution in [-0.2, 0) is 9.53 Å². The first kappa shape index (κ1) is 19.4. The summed E-state index contributed by atoms with van der Waals surface area (Å²) < 4.78 is 5.43. The number of rotatable bonds is 2. The lowest BCUT2D eigenvalue weighted by atomic mass is 9.41. The summed E-state index contributed by atoms with van der Waals surface area (Å²) in [4.78, 5) is 12.2. The summed E-state index contributed by atoms with van der Waals surface area (Å²) in [6.07, 6.45) is 10.3. The number of fused-ring (bicyclic) bond motifs is 5. The molecular formula is C23H34O3S. The van der Waals surface area contributed by atoms with E-state index in [1.165, 1.54) is 25.7 Å². The Bertz CT molecular complexity index is 708. The highest BCUT2D eigenvalue weighted by atomic mass is 32.2. The van der Waals surface area contributed by atoms with Gasteiger partial charge in [-0.15, -0.1) is 0 Å². The Balaban J connectivity index is 1.77. The minimum atomic E-state index is -0.772. The van der Waals surface area contributed by atoms with Gasteiger partial charge in [-0.1, -0.05) is 34.1 Å². The minimum absolute atomic E-state index is 0.0502. The van der Waals surface area contributed by atoms with Crippen LogP contribution in [0.3, 0.4) is 0 Å². The van der Waals surface area contributed by atoms with Crippen LogP contribution >= 0.6 is 11.8 Å². The van der Waals surface area contributed by atoms with E-state index in [9.17, 15) is 9.90 Å². The van der Waals surface area contributed by atoms with Crippen molar-refractivity contribution in [1.82, 2.24) is 0 Å². The van der Waals surface area contributed by atoms with Crippen molar-refractivity contribution in [3.05, 3.63) is 23.5 Å². The van der Waals surface area contributed by atoms with Crippen molar-refractivity contribution in [2.24, 2.45) is 34.0 Å². The molecule has 1 saturated heterocycles. The minimum Gasteiger partial charge on any atom is -0.497 e. The maximum atomic E-state index is 12.2. The Morgan fingerprint density at radius 1 is 1.15 bits per heavy atom. The van der Waals surface area contributed by atoms with Crippen molar-refractivity contribution in [3.63, 3.8) is 0 Å². The summed E-state index contributed by atoms with van der Waals surface area (Å²) in [6.45, 7) is 9.87. The number of methoxy groups -OCH3 is 1. The van der Waals surface area contributed by atoms with Crippen LogP contribution in [0.1, 0.15) is 59.8 Å². The number of carboxylic acids is 1. The lowest BCUT2D eigenvalue weighted by molar-refractivity contribution is -0.144. The summed E-state index contributed by atoms with van der Waals surface area (Å²) in [6, 6.07) is 0. The van der Waals surface area contributed by atoms with Gasteiger partial charge >= 0.3 is 5.97 Å². The normalized spacial score (nSPS) is 45.5. The molecule has 0 aromatic carbocycles. The number of carboxylic acid groups (broad SMARTS) is 1. The molecule has 0 radical (unpaired) electrons. The first-order valence-electron chi connectivity index (χ1n) is 10.5. The van der Waals surface area contributed by atoms with Crippen molar-refractivity contribution in [3.8, 4) is 0 Å². The monoisotopic (exact) mass is 390 g/mol. The number of hydrogen-bond donors (Lipinski definition) is 1. The second kappa shape index (κ2) is 6.30. The number of hydrogen-bond acceptors (Lipinski definition) is 3. The van der Waals surface area contributed by atoms with Gasteiger partial charge in [-0.05, 0) is 71.7 Å². The second-order valence-electron chi connectivity index (χ2n) is 10.5. The molecule has 4 aliphatic rings. The van der Waals surface area contributed by atoms with E-state index in [2.05, 4.69) is 33.8 Å². The molecule has 1 aliphatic heterocycles. The van der Waals surface area contributed by atoms with Crippen LogP contribution in [-0.4, -0.2) is 29.2 Å². The van der Waals surface area contributed by atoms with Crippen molar-refractivity contribution < 1.29 is 14.6 Å². The van der Waals surface area contributed by atoms with E-state index in [0.717, 1.165) is 18.1 Å². The van der Waals surface area contributed by atoms with E-state index >= 15 is 0 Å². The van der Waals surface area contributed by atoms with Gasteiger partial charge in [0.25, 0.3) is 0 Å². The molecule has 1 heterocycles. The smallest absolute Gasteiger partial charge is 0.332 e. The fraction of sp³-hybridized carbons (Fsp3) is 0.783. The molecule has 3 nitrogen and oxygen atoms in total. The molecule has 0 spiro atoms. The highest BCUT2D eigenvalue weighted by molar-refractivity contribution is 8.00. The fourth-order valence-electron chi connectivity index (χ4n) is 7.57. The highest BCUT2D eigenvalue weighted by Crippen LogP contribution is 2.69. The molecule has 0 aromatic rings. The first-order chi connectivity index (χ1) is 12.6. The van der Waals surface area contributed by atoms with Crippen molar-refractivity contribution >= 4 is 17.7 Å². The number of ether oxygens (including phenoxy) is 1. The van der Waals surface area contributed by atoms with Crippen LogP contribution in [0.5, 0.6) is 0 Å². The van der Waals surface area contributed by atoms with Crippen molar-refractivity contribution in [2.75, 3.05) is 12.9 Å². The molecule has 3 aliphatic carbocycles. The lowest BCUT2D eigenvalue weighted by Crippen LogP contribution is -2.61. The lowest BCUT2D eigenvalue weighted by Gasteiger charge is -2.66. The molecule has 2 unspecified atom stereocenters. The second-order valence-corrected chi connectivity index (χ2v) is 11.7. The third-order valence-corrected chi connectivity index (χ3v) is 10.1. The Labute approximate surface area is 168 Å². The van der Waals surface area contributed by atoms with E-state index in [1.807, 2.05) is 11.8 Å². The molecule has 2 saturated carbocycles. The number of carbonyl (C=O) groups is 1. The van der Waals surface area contributed by atoms with Crippen LogP contribution in [0.25, 0.3) is 0 Å². The molecule has 0 bridgehead atoms. The maximum absolute atomic E-state index is 12.2. The van der Waals surface area contributed by atoms with Crippen molar-refractivity contribution in [2.45, 2.75) is 65.0 Å². The molecule has 0 aromatic heterocycles. The zero-order valence-corrected chi connectivity index (χ0v) is 18.2. The van der Waals surface area contributed by atoms with Gasteiger partial charge in [-0.2, -0.15) is 11.8 Å². The fourth-order valence-corrected chi connectivity index (χ4v) is 9.63. The predicted octanol–water partition coefficient (Wildman–Crippen LogP) is 5.52. The third-order valence-electron chi connectivity index (χ3n) is 8.78. The largest absolute Gasteiger partial charge is 0.497 e. The third kappa shape index (κ3) is 2.73. The first-order valence-corrected chi connectivity index (χ1v) is 11.5. The number of allylic oxidation sites excluding steroid dienone is 1. The van der Waals surface area contributed by atoms with Crippen LogP contribution in [0, 0.1) is 34.0 Å². The Morgan fingerprint density at radius 2 is 1.89 bits per heavy atom. The van der Waals surface area contributed by atoms with Gasteiger partial charge in [0.1, 0.15) is 5.76 Å². The van der Waals surface area contributed by atoms with Crippen LogP contribution in [0.4, 0.5) is 0 Å². The average Bonchev–Trinajstić information content (AvgIpc) is 2.59. The molecule has 0 amide bonds. The van der Waals surface area contributed by atoms with Crippen molar-refractivity contribution in [1.29, 1.82) is 0 Å². The van der Waals surface area contributed by atoms with Crippen LogP contribution in [0.15, 0.2) is 23.5 Å².